The van der Waals surface area contributed by atoms with Crippen molar-refractivity contribution in [3.05, 3.63) is 29.6 Å². The zero-order valence-corrected chi connectivity index (χ0v) is 12.3. The molecule has 2 unspecified atom stereocenters. The summed E-state index contributed by atoms with van der Waals surface area (Å²) < 4.78 is 41.5. The Bertz CT molecular complexity index is 648. The third kappa shape index (κ3) is 3.58. The first-order valence-electron chi connectivity index (χ1n) is 6.49. The number of nitrogens with two attached hydrogens (primary N) is 1. The molecule has 0 bridgehead atoms. The first-order chi connectivity index (χ1) is 9.82. The minimum Gasteiger partial charge on any atom is -0.379 e. The number of carbonyl (C=O) groups excluding carboxylic acids is 1. The highest BCUT2D eigenvalue weighted by Crippen LogP contribution is 2.22. The third-order valence-corrected chi connectivity index (χ3v) is 4.49. The predicted molar refractivity (Wildman–Crippen MR) is 73.7 cm³/mol. The summed E-state index contributed by atoms with van der Waals surface area (Å²) in [6.07, 6.45) is 2.35. The van der Waals surface area contributed by atoms with Gasteiger partial charge in [0.25, 0.3) is 5.91 Å². The van der Waals surface area contributed by atoms with E-state index in [4.69, 9.17) is 9.88 Å². The summed E-state index contributed by atoms with van der Waals surface area (Å²) in [5.74, 6) is -1.47. The molecule has 1 fully saturated rings. The number of benzene rings is 1. The average Bonchev–Trinajstić information content (AvgIpc) is 2.84. The maximum atomic E-state index is 13.7. The number of rotatable bonds is 4. The summed E-state index contributed by atoms with van der Waals surface area (Å²) in [6, 6.07) is 2.67. The molecular weight excluding hydrogens is 299 g/mol. The van der Waals surface area contributed by atoms with Crippen molar-refractivity contribution in [3.8, 4) is 0 Å². The Morgan fingerprint density at radius 2 is 2.14 bits per heavy atom. The van der Waals surface area contributed by atoms with Gasteiger partial charge in [-0.05, 0) is 37.5 Å². The zero-order chi connectivity index (χ0) is 15.6. The van der Waals surface area contributed by atoms with Gasteiger partial charge in [-0.3, -0.25) is 4.79 Å². The monoisotopic (exact) mass is 316 g/mol. The average molecular weight is 316 g/mol. The molecule has 3 N–H and O–H groups in total. The van der Waals surface area contributed by atoms with Crippen molar-refractivity contribution < 1.29 is 22.3 Å². The second-order valence-electron chi connectivity index (χ2n) is 4.97. The van der Waals surface area contributed by atoms with Crippen molar-refractivity contribution >= 4 is 15.9 Å². The number of halogens is 1. The van der Waals surface area contributed by atoms with Crippen LogP contribution in [-0.2, 0) is 14.8 Å². The van der Waals surface area contributed by atoms with E-state index in [9.17, 15) is 17.6 Å². The van der Waals surface area contributed by atoms with E-state index in [1.165, 1.54) is 0 Å². The Balaban J connectivity index is 2.23. The first kappa shape index (κ1) is 15.9. The molecule has 0 radical (unpaired) electrons. The Morgan fingerprint density at radius 1 is 1.43 bits per heavy atom. The molecule has 2 atom stereocenters. The molecule has 0 aliphatic heterocycles. The van der Waals surface area contributed by atoms with Gasteiger partial charge in [-0.15, -0.1) is 0 Å². The van der Waals surface area contributed by atoms with Crippen molar-refractivity contribution in [2.24, 2.45) is 5.14 Å². The topological polar surface area (TPSA) is 98.5 Å². The van der Waals surface area contributed by atoms with Crippen molar-refractivity contribution in [2.75, 3.05) is 7.11 Å². The fourth-order valence-corrected chi connectivity index (χ4v) is 3.01. The Morgan fingerprint density at radius 3 is 2.76 bits per heavy atom. The quantitative estimate of drug-likeness (QED) is 0.857. The van der Waals surface area contributed by atoms with Gasteiger partial charge < -0.3 is 10.1 Å². The lowest BCUT2D eigenvalue weighted by molar-refractivity contribution is 0.0719. The van der Waals surface area contributed by atoms with Crippen LogP contribution in [0.25, 0.3) is 0 Å². The number of amides is 1. The Kier molecular flexibility index (Phi) is 4.60. The van der Waals surface area contributed by atoms with Gasteiger partial charge in [0.05, 0.1) is 22.6 Å². The molecule has 1 saturated carbocycles. The second-order valence-corrected chi connectivity index (χ2v) is 6.53. The van der Waals surface area contributed by atoms with Crippen molar-refractivity contribution in [1.29, 1.82) is 0 Å². The van der Waals surface area contributed by atoms with Gasteiger partial charge in [0.15, 0.2) is 0 Å². The number of primary sulfonamides is 1. The van der Waals surface area contributed by atoms with E-state index in [1.807, 2.05) is 0 Å². The molecule has 0 saturated heterocycles. The largest absolute Gasteiger partial charge is 0.379 e. The number of ether oxygens (including phenoxy) is 1. The normalized spacial score (nSPS) is 22.2. The maximum absolute atomic E-state index is 13.7. The van der Waals surface area contributed by atoms with E-state index in [0.29, 0.717) is 0 Å². The fourth-order valence-electron chi connectivity index (χ4n) is 2.47. The van der Waals surface area contributed by atoms with E-state index >= 15 is 0 Å². The van der Waals surface area contributed by atoms with Gasteiger partial charge in [-0.25, -0.2) is 17.9 Å². The van der Waals surface area contributed by atoms with Gasteiger partial charge in [-0.1, -0.05) is 0 Å². The van der Waals surface area contributed by atoms with Crippen LogP contribution in [0.4, 0.5) is 4.39 Å². The zero-order valence-electron chi connectivity index (χ0n) is 11.5. The summed E-state index contributed by atoms with van der Waals surface area (Å²) in [4.78, 5) is 11.8. The van der Waals surface area contributed by atoms with E-state index in [1.54, 1.807) is 7.11 Å². The molecule has 1 aromatic carbocycles. The summed E-state index contributed by atoms with van der Waals surface area (Å²) in [5, 5.41) is 7.66. The molecule has 0 heterocycles. The Hall–Kier alpha value is -1.51. The molecule has 2 rings (SSSR count). The van der Waals surface area contributed by atoms with E-state index in [-0.39, 0.29) is 22.6 Å². The number of nitrogens with one attached hydrogen (secondary N) is 1. The van der Waals surface area contributed by atoms with E-state index in [0.717, 1.165) is 37.5 Å². The van der Waals surface area contributed by atoms with Gasteiger partial charge in [0.1, 0.15) is 5.82 Å². The van der Waals surface area contributed by atoms with Crippen LogP contribution >= 0.6 is 0 Å². The SMILES string of the molecule is COC1CCCC1NC(=O)c1cc(S(N)(=O)=O)ccc1F. The highest BCUT2D eigenvalue weighted by atomic mass is 32.2. The number of sulfonamides is 1. The first-order valence-corrected chi connectivity index (χ1v) is 8.03. The molecule has 6 nitrogen and oxygen atoms in total. The maximum Gasteiger partial charge on any atom is 0.254 e. The molecule has 0 spiro atoms. The minimum atomic E-state index is -3.99. The lowest BCUT2D eigenvalue weighted by Crippen LogP contribution is -2.41. The fraction of sp³-hybridized carbons (Fsp3) is 0.462. The number of hydrogen-bond acceptors (Lipinski definition) is 4. The molecule has 116 valence electrons. The van der Waals surface area contributed by atoms with Gasteiger partial charge in [0, 0.05) is 7.11 Å². The summed E-state index contributed by atoms with van der Waals surface area (Å²) in [5.41, 5.74) is -0.344. The molecule has 21 heavy (non-hydrogen) atoms. The summed E-state index contributed by atoms with van der Waals surface area (Å²) >= 11 is 0. The number of carbonyl (C=O) groups is 1. The van der Waals surface area contributed by atoms with Crippen LogP contribution in [0.15, 0.2) is 23.1 Å². The Labute approximate surface area is 122 Å². The van der Waals surface area contributed by atoms with Crippen molar-refractivity contribution in [3.63, 3.8) is 0 Å². The molecule has 1 amide bonds. The third-order valence-electron chi connectivity index (χ3n) is 3.58. The van der Waals surface area contributed by atoms with Crippen LogP contribution in [0.2, 0.25) is 0 Å². The smallest absolute Gasteiger partial charge is 0.254 e. The highest BCUT2D eigenvalue weighted by molar-refractivity contribution is 7.89. The van der Waals surface area contributed by atoms with Gasteiger partial charge in [-0.2, -0.15) is 0 Å². The van der Waals surface area contributed by atoms with Crippen molar-refractivity contribution in [1.82, 2.24) is 5.32 Å². The molecular formula is C13H17FN2O4S. The molecule has 1 aromatic rings. The van der Waals surface area contributed by atoms with E-state index < -0.39 is 21.7 Å². The molecule has 0 aromatic heterocycles. The van der Waals surface area contributed by atoms with Gasteiger partial charge in [0.2, 0.25) is 10.0 Å². The minimum absolute atomic E-state index is 0.113. The lowest BCUT2D eigenvalue weighted by Gasteiger charge is -2.19. The lowest BCUT2D eigenvalue weighted by atomic mass is 10.1. The second kappa shape index (κ2) is 6.08. The van der Waals surface area contributed by atoms with Crippen LogP contribution in [0.1, 0.15) is 29.6 Å². The predicted octanol–water partition coefficient (Wildman–Crippen LogP) is 0.770. The van der Waals surface area contributed by atoms with Crippen LogP contribution in [0, 0.1) is 5.82 Å². The molecule has 1 aliphatic carbocycles. The molecule has 8 heteroatoms. The summed E-state index contributed by atoms with van der Waals surface area (Å²) in [7, 11) is -2.44. The number of hydrogen-bond donors (Lipinski definition) is 2. The van der Waals surface area contributed by atoms with Crippen LogP contribution < -0.4 is 10.5 Å². The van der Waals surface area contributed by atoms with Crippen molar-refractivity contribution in [2.45, 2.75) is 36.3 Å². The van der Waals surface area contributed by atoms with Crippen LogP contribution in [-0.4, -0.2) is 33.6 Å². The highest BCUT2D eigenvalue weighted by Gasteiger charge is 2.29. The summed E-state index contributed by atoms with van der Waals surface area (Å²) in [6.45, 7) is 0. The standard InChI is InChI=1S/C13H17FN2O4S/c1-20-12-4-2-3-11(12)16-13(17)9-7-8(21(15,18)19)5-6-10(9)14/h5-7,11-12H,2-4H2,1H3,(H,16,17)(H2,15,18,19). The van der Waals surface area contributed by atoms with E-state index in [2.05, 4.69) is 5.32 Å². The van der Waals surface area contributed by atoms with Crippen LogP contribution in [0.3, 0.4) is 0 Å². The molecule has 1 aliphatic rings. The number of methoxy groups -OCH3 is 1. The van der Waals surface area contributed by atoms with Crippen LogP contribution in [0.5, 0.6) is 0 Å². The van der Waals surface area contributed by atoms with Gasteiger partial charge >= 0.3 is 0 Å².